The Kier molecular flexibility index (Phi) is 4.25. The SMILES string of the molecule is OC(CNC1CCNCC1)c1cnc2ccccc2c1. The number of para-hydroxylation sites is 1. The van der Waals surface area contributed by atoms with Gasteiger partial charge in [0, 0.05) is 29.7 Å². The van der Waals surface area contributed by atoms with E-state index < -0.39 is 6.10 Å². The second kappa shape index (κ2) is 6.31. The minimum absolute atomic E-state index is 0.498. The van der Waals surface area contributed by atoms with Gasteiger partial charge in [-0.15, -0.1) is 0 Å². The van der Waals surface area contributed by atoms with E-state index in [9.17, 15) is 5.11 Å². The third-order valence-electron chi connectivity index (χ3n) is 3.94. The first-order chi connectivity index (χ1) is 9.83. The number of piperidine rings is 1. The average molecular weight is 271 g/mol. The van der Waals surface area contributed by atoms with Crippen molar-refractivity contribution in [2.24, 2.45) is 0 Å². The number of hydrogen-bond donors (Lipinski definition) is 3. The number of aliphatic hydroxyl groups is 1. The van der Waals surface area contributed by atoms with Crippen molar-refractivity contribution in [1.29, 1.82) is 0 Å². The summed E-state index contributed by atoms with van der Waals surface area (Å²) >= 11 is 0. The fourth-order valence-electron chi connectivity index (χ4n) is 2.69. The van der Waals surface area contributed by atoms with E-state index in [0.717, 1.165) is 42.4 Å². The van der Waals surface area contributed by atoms with E-state index in [4.69, 9.17) is 0 Å². The number of aromatic nitrogens is 1. The fourth-order valence-corrected chi connectivity index (χ4v) is 2.69. The zero-order valence-electron chi connectivity index (χ0n) is 11.5. The molecule has 2 heterocycles. The molecule has 1 atom stereocenters. The van der Waals surface area contributed by atoms with Crippen molar-refractivity contribution in [3.05, 3.63) is 42.1 Å². The second-order valence-electron chi connectivity index (χ2n) is 5.41. The smallest absolute Gasteiger partial charge is 0.0929 e. The lowest BCUT2D eigenvalue weighted by Gasteiger charge is -2.25. The maximum atomic E-state index is 10.3. The highest BCUT2D eigenvalue weighted by molar-refractivity contribution is 5.78. The predicted octanol–water partition coefficient (Wildman–Crippen LogP) is 1.61. The lowest BCUT2D eigenvalue weighted by molar-refractivity contribution is 0.166. The molecule has 4 heteroatoms. The number of rotatable bonds is 4. The number of benzene rings is 1. The van der Waals surface area contributed by atoms with Crippen LogP contribution in [0.1, 0.15) is 24.5 Å². The molecule has 1 aromatic heterocycles. The molecule has 0 aliphatic carbocycles. The molecule has 0 radical (unpaired) electrons. The largest absolute Gasteiger partial charge is 0.387 e. The van der Waals surface area contributed by atoms with Crippen LogP contribution in [-0.4, -0.2) is 35.8 Å². The molecule has 1 aliphatic heterocycles. The van der Waals surface area contributed by atoms with Crippen LogP contribution in [0.15, 0.2) is 36.5 Å². The third-order valence-corrected chi connectivity index (χ3v) is 3.94. The number of fused-ring (bicyclic) bond motifs is 1. The van der Waals surface area contributed by atoms with Crippen LogP contribution >= 0.6 is 0 Å². The Bertz CT molecular complexity index is 566. The van der Waals surface area contributed by atoms with E-state index in [1.165, 1.54) is 0 Å². The van der Waals surface area contributed by atoms with Crippen molar-refractivity contribution in [2.75, 3.05) is 19.6 Å². The highest BCUT2D eigenvalue weighted by Gasteiger charge is 2.15. The molecular formula is C16H21N3O. The van der Waals surface area contributed by atoms with Gasteiger partial charge in [0.15, 0.2) is 0 Å². The summed E-state index contributed by atoms with van der Waals surface area (Å²) in [6, 6.07) is 10.5. The monoisotopic (exact) mass is 271 g/mol. The molecule has 1 fully saturated rings. The van der Waals surface area contributed by atoms with Crippen LogP contribution in [-0.2, 0) is 0 Å². The second-order valence-corrected chi connectivity index (χ2v) is 5.41. The van der Waals surface area contributed by atoms with Crippen LogP contribution in [0.5, 0.6) is 0 Å². The predicted molar refractivity (Wildman–Crippen MR) is 80.6 cm³/mol. The van der Waals surface area contributed by atoms with Gasteiger partial charge >= 0.3 is 0 Å². The van der Waals surface area contributed by atoms with Crippen molar-refractivity contribution in [3.8, 4) is 0 Å². The third kappa shape index (κ3) is 3.15. The van der Waals surface area contributed by atoms with Gasteiger partial charge in [0.1, 0.15) is 0 Å². The number of pyridine rings is 1. The molecule has 3 rings (SSSR count). The summed E-state index contributed by atoms with van der Waals surface area (Å²) in [7, 11) is 0. The van der Waals surface area contributed by atoms with E-state index in [2.05, 4.69) is 15.6 Å². The molecule has 4 nitrogen and oxygen atoms in total. The first-order valence-corrected chi connectivity index (χ1v) is 7.30. The summed E-state index contributed by atoms with van der Waals surface area (Å²) in [6.45, 7) is 2.71. The van der Waals surface area contributed by atoms with Crippen LogP contribution < -0.4 is 10.6 Å². The molecular weight excluding hydrogens is 250 g/mol. The molecule has 1 saturated heterocycles. The van der Waals surface area contributed by atoms with Crippen molar-refractivity contribution >= 4 is 10.9 Å². The molecule has 1 aromatic carbocycles. The topological polar surface area (TPSA) is 57.2 Å². The summed E-state index contributed by atoms with van der Waals surface area (Å²) in [5.41, 5.74) is 1.85. The fraction of sp³-hybridized carbons (Fsp3) is 0.438. The lowest BCUT2D eigenvalue weighted by Crippen LogP contribution is -2.41. The van der Waals surface area contributed by atoms with Gasteiger partial charge in [-0.05, 0) is 38.1 Å². The maximum absolute atomic E-state index is 10.3. The zero-order valence-corrected chi connectivity index (χ0v) is 11.5. The van der Waals surface area contributed by atoms with E-state index in [-0.39, 0.29) is 0 Å². The zero-order chi connectivity index (χ0) is 13.8. The molecule has 1 unspecified atom stereocenters. The summed E-state index contributed by atoms with van der Waals surface area (Å²) < 4.78 is 0. The normalized spacial score (nSPS) is 18.2. The maximum Gasteiger partial charge on any atom is 0.0929 e. The molecule has 3 N–H and O–H groups in total. The first-order valence-electron chi connectivity index (χ1n) is 7.30. The highest BCUT2D eigenvalue weighted by Crippen LogP contribution is 2.18. The molecule has 106 valence electrons. The summed E-state index contributed by atoms with van der Waals surface area (Å²) in [4.78, 5) is 4.40. The van der Waals surface area contributed by atoms with Gasteiger partial charge < -0.3 is 15.7 Å². The Hall–Kier alpha value is -1.49. The quantitative estimate of drug-likeness (QED) is 0.791. The van der Waals surface area contributed by atoms with Gasteiger partial charge in [0.05, 0.1) is 11.6 Å². The minimum atomic E-state index is -0.498. The Morgan fingerprint density at radius 3 is 2.95 bits per heavy atom. The Labute approximate surface area is 119 Å². The number of aliphatic hydroxyl groups excluding tert-OH is 1. The van der Waals surface area contributed by atoms with Crippen LogP contribution in [0.3, 0.4) is 0 Å². The lowest BCUT2D eigenvalue weighted by atomic mass is 10.1. The first kappa shape index (κ1) is 13.5. The van der Waals surface area contributed by atoms with E-state index >= 15 is 0 Å². The van der Waals surface area contributed by atoms with Gasteiger partial charge in [-0.3, -0.25) is 4.98 Å². The summed E-state index contributed by atoms with van der Waals surface area (Å²) in [5.74, 6) is 0. The molecule has 0 spiro atoms. The Balaban J connectivity index is 1.64. The number of nitrogens with one attached hydrogen (secondary N) is 2. The van der Waals surface area contributed by atoms with E-state index in [1.807, 2.05) is 30.3 Å². The summed E-state index contributed by atoms with van der Waals surface area (Å²) in [5, 5.41) is 18.2. The molecule has 1 aliphatic rings. The average Bonchev–Trinajstić information content (AvgIpc) is 2.53. The minimum Gasteiger partial charge on any atom is -0.387 e. The Morgan fingerprint density at radius 1 is 1.30 bits per heavy atom. The molecule has 2 aromatic rings. The molecule has 20 heavy (non-hydrogen) atoms. The van der Waals surface area contributed by atoms with Gasteiger partial charge in [0.25, 0.3) is 0 Å². The van der Waals surface area contributed by atoms with Crippen LogP contribution in [0.25, 0.3) is 10.9 Å². The standard InChI is InChI=1S/C16H21N3O/c20-16(11-18-14-5-7-17-8-6-14)13-9-12-3-1-2-4-15(12)19-10-13/h1-4,9-10,14,16-18,20H,5-8,11H2. The van der Waals surface area contributed by atoms with Crippen LogP contribution in [0.4, 0.5) is 0 Å². The van der Waals surface area contributed by atoms with Crippen molar-refractivity contribution in [3.63, 3.8) is 0 Å². The van der Waals surface area contributed by atoms with Crippen molar-refractivity contribution in [1.82, 2.24) is 15.6 Å². The van der Waals surface area contributed by atoms with Gasteiger partial charge in [-0.25, -0.2) is 0 Å². The summed E-state index contributed by atoms with van der Waals surface area (Å²) in [6.07, 6.45) is 3.53. The van der Waals surface area contributed by atoms with Crippen LogP contribution in [0.2, 0.25) is 0 Å². The van der Waals surface area contributed by atoms with E-state index in [0.29, 0.717) is 12.6 Å². The van der Waals surface area contributed by atoms with E-state index in [1.54, 1.807) is 6.20 Å². The Morgan fingerprint density at radius 2 is 2.10 bits per heavy atom. The van der Waals surface area contributed by atoms with Gasteiger partial charge in [0.2, 0.25) is 0 Å². The molecule has 0 amide bonds. The molecule has 0 bridgehead atoms. The van der Waals surface area contributed by atoms with Crippen LogP contribution in [0, 0.1) is 0 Å². The molecule has 0 saturated carbocycles. The van der Waals surface area contributed by atoms with Crippen molar-refractivity contribution in [2.45, 2.75) is 25.0 Å². The number of hydrogen-bond acceptors (Lipinski definition) is 4. The van der Waals surface area contributed by atoms with Gasteiger partial charge in [-0.1, -0.05) is 18.2 Å². The highest BCUT2D eigenvalue weighted by atomic mass is 16.3. The number of nitrogens with zero attached hydrogens (tertiary/aromatic N) is 1. The van der Waals surface area contributed by atoms with Gasteiger partial charge in [-0.2, -0.15) is 0 Å². The van der Waals surface area contributed by atoms with Crippen molar-refractivity contribution < 1.29 is 5.11 Å².